The third-order valence-corrected chi connectivity index (χ3v) is 4.60. The van der Waals surface area contributed by atoms with Crippen LogP contribution in [0.5, 0.6) is 5.75 Å². The predicted molar refractivity (Wildman–Crippen MR) is 84.0 cm³/mol. The summed E-state index contributed by atoms with van der Waals surface area (Å²) in [6.07, 6.45) is -5.72. The number of aromatic amines is 1. The number of benzene rings is 1. The lowest BCUT2D eigenvalue weighted by Gasteiger charge is -2.38. The zero-order valence-electron chi connectivity index (χ0n) is 11.5. The summed E-state index contributed by atoms with van der Waals surface area (Å²) in [7, 11) is 0. The number of aliphatic hydroxyl groups is 3. The Labute approximate surface area is 139 Å². The summed E-state index contributed by atoms with van der Waals surface area (Å²) in [5.41, 5.74) is 0.758. The van der Waals surface area contributed by atoms with Gasteiger partial charge in [-0.15, -0.1) is 0 Å². The maximum Gasteiger partial charge on any atom is 0.229 e. The van der Waals surface area contributed by atoms with Crippen LogP contribution < -0.4 is 4.74 Å². The lowest BCUT2D eigenvalue weighted by atomic mass is 10.00. The molecule has 5 atom stereocenters. The second-order valence-electron chi connectivity index (χ2n) is 5.23. The molecule has 1 aliphatic heterocycles. The molecule has 1 aromatic carbocycles. The van der Waals surface area contributed by atoms with Gasteiger partial charge < -0.3 is 29.8 Å². The molecule has 0 unspecified atom stereocenters. The van der Waals surface area contributed by atoms with E-state index in [0.717, 1.165) is 5.52 Å². The normalized spacial score (nSPS) is 32.4. The maximum absolute atomic E-state index is 10.0. The predicted octanol–water partition coefficient (Wildman–Crippen LogP) is 1.79. The quantitative estimate of drug-likeness (QED) is 0.625. The van der Waals surface area contributed by atoms with Crippen molar-refractivity contribution in [2.45, 2.75) is 37.6 Å². The fourth-order valence-corrected chi connectivity index (χ4v) is 3.25. The number of rotatable bonds is 2. The van der Waals surface area contributed by atoms with E-state index < -0.39 is 30.7 Å². The van der Waals surface area contributed by atoms with Crippen LogP contribution in [0.2, 0.25) is 5.02 Å². The molecule has 0 aliphatic carbocycles. The molecule has 0 radical (unpaired) electrons. The summed E-state index contributed by atoms with van der Waals surface area (Å²) >= 11 is 9.54. The fraction of sp³-hybridized carbons (Fsp3) is 0.429. The van der Waals surface area contributed by atoms with Gasteiger partial charge in [-0.1, -0.05) is 17.7 Å². The zero-order valence-corrected chi connectivity index (χ0v) is 13.9. The fourth-order valence-electron chi connectivity index (χ4n) is 2.48. The van der Waals surface area contributed by atoms with E-state index in [1.165, 1.54) is 0 Å². The van der Waals surface area contributed by atoms with Gasteiger partial charge in [0.1, 0.15) is 22.9 Å². The van der Waals surface area contributed by atoms with E-state index in [2.05, 4.69) is 20.9 Å². The van der Waals surface area contributed by atoms with Crippen LogP contribution in [0.1, 0.15) is 6.92 Å². The first-order valence-corrected chi connectivity index (χ1v) is 7.89. The van der Waals surface area contributed by atoms with Gasteiger partial charge >= 0.3 is 0 Å². The average molecular weight is 393 g/mol. The molecule has 0 saturated carbocycles. The number of nitrogens with one attached hydrogen (secondary N) is 1. The number of aliphatic hydroxyl groups excluding tert-OH is 3. The monoisotopic (exact) mass is 391 g/mol. The first kappa shape index (κ1) is 16.0. The van der Waals surface area contributed by atoms with Gasteiger partial charge in [0.2, 0.25) is 6.29 Å². The van der Waals surface area contributed by atoms with E-state index in [0.29, 0.717) is 20.8 Å². The van der Waals surface area contributed by atoms with Gasteiger partial charge in [-0.25, -0.2) is 0 Å². The first-order chi connectivity index (χ1) is 10.4. The molecule has 4 N–H and O–H groups in total. The highest BCUT2D eigenvalue weighted by molar-refractivity contribution is 9.10. The van der Waals surface area contributed by atoms with Gasteiger partial charge in [0, 0.05) is 0 Å². The van der Waals surface area contributed by atoms with Gasteiger partial charge in [0.05, 0.1) is 22.0 Å². The minimum absolute atomic E-state index is 0.375. The van der Waals surface area contributed by atoms with Crippen molar-refractivity contribution in [3.8, 4) is 5.75 Å². The Kier molecular flexibility index (Phi) is 4.37. The maximum atomic E-state index is 10.0. The van der Waals surface area contributed by atoms with Crippen molar-refractivity contribution < 1.29 is 24.8 Å². The topological polar surface area (TPSA) is 94.9 Å². The summed E-state index contributed by atoms with van der Waals surface area (Å²) < 4.78 is 11.7. The van der Waals surface area contributed by atoms with E-state index >= 15 is 0 Å². The molecule has 22 heavy (non-hydrogen) atoms. The molecule has 0 bridgehead atoms. The standard InChI is InChI=1S/C14H15BrClNO5/c1-5-9(18)10(19)11(20)14(21-5)22-12-8-6(16)3-2-4-7(8)17-13(12)15/h2-5,9-11,14,17-20H,1H3/t5-,9+,10+,11-,14+/m1/s1. The largest absolute Gasteiger partial charge is 0.458 e. The molecule has 1 saturated heterocycles. The molecular weight excluding hydrogens is 378 g/mol. The van der Waals surface area contributed by atoms with Crippen molar-refractivity contribution in [2.24, 2.45) is 0 Å². The van der Waals surface area contributed by atoms with Gasteiger partial charge in [0.25, 0.3) is 0 Å². The number of ether oxygens (including phenoxy) is 2. The number of halogens is 2. The summed E-state index contributed by atoms with van der Waals surface area (Å²) in [6, 6.07) is 5.35. The zero-order chi connectivity index (χ0) is 16.0. The molecule has 1 aliphatic rings. The minimum atomic E-state index is -1.38. The number of H-pyrrole nitrogens is 1. The van der Waals surface area contributed by atoms with Crippen molar-refractivity contribution in [1.29, 1.82) is 0 Å². The molecule has 0 amide bonds. The number of aromatic nitrogens is 1. The van der Waals surface area contributed by atoms with Crippen LogP contribution in [0, 0.1) is 0 Å². The molecule has 8 heteroatoms. The van der Waals surface area contributed by atoms with Crippen LogP contribution in [0.15, 0.2) is 22.8 Å². The molecule has 3 rings (SSSR count). The highest BCUT2D eigenvalue weighted by Crippen LogP contribution is 2.39. The minimum Gasteiger partial charge on any atom is -0.458 e. The first-order valence-electron chi connectivity index (χ1n) is 6.72. The van der Waals surface area contributed by atoms with E-state index in [1.54, 1.807) is 19.1 Å². The van der Waals surface area contributed by atoms with Gasteiger partial charge in [-0.3, -0.25) is 0 Å². The molecule has 0 spiro atoms. The summed E-state index contributed by atoms with van der Waals surface area (Å²) in [4.78, 5) is 3.06. The highest BCUT2D eigenvalue weighted by Gasteiger charge is 2.43. The molecule has 2 aromatic rings. The van der Waals surface area contributed by atoms with Crippen LogP contribution in [-0.4, -0.2) is 51.0 Å². The number of hydrogen-bond acceptors (Lipinski definition) is 5. The van der Waals surface area contributed by atoms with Gasteiger partial charge in [-0.2, -0.15) is 0 Å². The van der Waals surface area contributed by atoms with E-state index in [-0.39, 0.29) is 0 Å². The SMILES string of the molecule is C[C@H]1O[C@@H](Oc2c(Br)[nH]c3cccc(Cl)c23)[C@H](O)[C@@H](O)[C@H]1O. The second-order valence-corrected chi connectivity index (χ2v) is 6.43. The molecule has 2 heterocycles. The van der Waals surface area contributed by atoms with Crippen LogP contribution in [-0.2, 0) is 4.74 Å². The highest BCUT2D eigenvalue weighted by atomic mass is 79.9. The molecule has 1 fully saturated rings. The Balaban J connectivity index is 1.95. The average Bonchev–Trinajstić information content (AvgIpc) is 2.80. The summed E-state index contributed by atoms with van der Waals surface area (Å²) in [5, 5.41) is 30.7. The van der Waals surface area contributed by atoms with Crippen LogP contribution in [0.4, 0.5) is 0 Å². The lowest BCUT2D eigenvalue weighted by molar-refractivity contribution is -0.268. The van der Waals surface area contributed by atoms with Crippen LogP contribution in [0.3, 0.4) is 0 Å². The second kappa shape index (κ2) is 5.99. The summed E-state index contributed by atoms with van der Waals surface area (Å²) in [5.74, 6) is 0.375. The van der Waals surface area contributed by atoms with Crippen molar-refractivity contribution in [1.82, 2.24) is 4.98 Å². The van der Waals surface area contributed by atoms with Crippen molar-refractivity contribution in [2.75, 3.05) is 0 Å². The number of fused-ring (bicyclic) bond motifs is 1. The third-order valence-electron chi connectivity index (χ3n) is 3.73. The van der Waals surface area contributed by atoms with E-state index in [4.69, 9.17) is 21.1 Å². The third kappa shape index (κ3) is 2.62. The Morgan fingerprint density at radius 3 is 2.68 bits per heavy atom. The number of hydrogen-bond donors (Lipinski definition) is 4. The van der Waals surface area contributed by atoms with Crippen molar-refractivity contribution in [3.63, 3.8) is 0 Å². The van der Waals surface area contributed by atoms with E-state index in [9.17, 15) is 15.3 Å². The smallest absolute Gasteiger partial charge is 0.229 e. The Morgan fingerprint density at radius 1 is 1.23 bits per heavy atom. The van der Waals surface area contributed by atoms with Crippen LogP contribution >= 0.6 is 27.5 Å². The molecule has 1 aromatic heterocycles. The van der Waals surface area contributed by atoms with Gasteiger partial charge in [0.15, 0.2) is 5.75 Å². The molecule has 120 valence electrons. The van der Waals surface area contributed by atoms with E-state index in [1.807, 2.05) is 6.07 Å². The lowest BCUT2D eigenvalue weighted by Crippen LogP contribution is -2.58. The summed E-state index contributed by atoms with van der Waals surface area (Å²) in [6.45, 7) is 1.59. The van der Waals surface area contributed by atoms with Crippen molar-refractivity contribution >= 4 is 38.4 Å². The Morgan fingerprint density at radius 2 is 1.95 bits per heavy atom. The Hall–Kier alpha value is -0.830. The van der Waals surface area contributed by atoms with Gasteiger partial charge in [-0.05, 0) is 35.0 Å². The molecular formula is C14H15BrClNO5. The van der Waals surface area contributed by atoms with Crippen LogP contribution in [0.25, 0.3) is 10.9 Å². The Bertz CT molecular complexity index is 693. The van der Waals surface area contributed by atoms with Crippen molar-refractivity contribution in [3.05, 3.63) is 27.8 Å². The molecule has 6 nitrogen and oxygen atoms in total.